The number of halogens is 4. The van der Waals surface area contributed by atoms with Crippen LogP contribution in [0.2, 0.25) is 0 Å². The molecule has 1 aromatic heterocycles. The van der Waals surface area contributed by atoms with Gasteiger partial charge in [0.05, 0.1) is 16.6 Å². The molecular weight excluding hydrogens is 755 g/mol. The molecule has 3 nitrogen and oxygen atoms in total. The van der Waals surface area contributed by atoms with Gasteiger partial charge in [-0.15, -0.1) is 0 Å². The van der Waals surface area contributed by atoms with Gasteiger partial charge in [-0.1, -0.05) is 140 Å². The van der Waals surface area contributed by atoms with Crippen LogP contribution in [0.15, 0.2) is 188 Å². The fourth-order valence-electron chi connectivity index (χ4n) is 8.74. The van der Waals surface area contributed by atoms with Gasteiger partial charge >= 0.3 is 0 Å². The first kappa shape index (κ1) is 35.4. The number of hydrogen-bond acceptors (Lipinski definition) is 2. The minimum absolute atomic E-state index is 0.0540. The SMILES string of the molecule is Fc1c(F)c(N(c2ccccc2)c2ccccc2)c(F)c(F)c1-c1ccc2ccc3c(-c4ccc(-c5nc6ccccc6n5-c5ccccc5)cc4)ccc4ccc1c2c43. The lowest BCUT2D eigenvalue weighted by molar-refractivity contribution is 0.461. The van der Waals surface area contributed by atoms with E-state index in [1.807, 2.05) is 54.6 Å². The molecule has 0 saturated carbocycles. The molecule has 0 spiro atoms. The lowest BCUT2D eigenvalue weighted by Gasteiger charge is -2.27. The molecule has 286 valence electrons. The zero-order valence-corrected chi connectivity index (χ0v) is 31.8. The fourth-order valence-corrected chi connectivity index (χ4v) is 8.74. The molecule has 0 radical (unpaired) electrons. The third-order valence-electron chi connectivity index (χ3n) is 11.5. The fraction of sp³-hybridized carbons (Fsp3) is 0. The van der Waals surface area contributed by atoms with Gasteiger partial charge in [-0.05, 0) is 97.5 Å². The summed E-state index contributed by atoms with van der Waals surface area (Å²) in [6, 6.07) is 58.4. The Balaban J connectivity index is 1.05. The Morgan fingerprint density at radius 1 is 0.417 bits per heavy atom. The monoisotopic (exact) mass is 785 g/mol. The third-order valence-corrected chi connectivity index (χ3v) is 11.5. The van der Waals surface area contributed by atoms with E-state index in [0.717, 1.165) is 66.2 Å². The van der Waals surface area contributed by atoms with E-state index in [-0.39, 0.29) is 5.56 Å². The van der Waals surface area contributed by atoms with Crippen LogP contribution in [0.5, 0.6) is 0 Å². The highest BCUT2D eigenvalue weighted by Crippen LogP contribution is 2.47. The highest BCUT2D eigenvalue weighted by atomic mass is 19.2. The van der Waals surface area contributed by atoms with Gasteiger partial charge in [0.25, 0.3) is 0 Å². The molecule has 7 heteroatoms. The van der Waals surface area contributed by atoms with Crippen LogP contribution in [0.1, 0.15) is 0 Å². The number of fused-ring (bicyclic) bond motifs is 1. The Bertz CT molecular complexity index is 3330. The van der Waals surface area contributed by atoms with Gasteiger partial charge in [0.2, 0.25) is 0 Å². The van der Waals surface area contributed by atoms with Crippen LogP contribution >= 0.6 is 0 Å². The standard InChI is InChI=1S/C53H31F4N3/c54-48-47(49(55)51(57)52(50(48)56)59(36-12-4-1-5-13-36)37-14-6-2-7-15-37)42-31-27-34-25-29-40-39(28-24-33-26-30-41(42)46(34)45(33)40)32-20-22-35(23-21-32)53-58-43-18-10-11-19-44(43)60(53)38-16-8-3-9-17-38/h1-31H. The zero-order valence-electron chi connectivity index (χ0n) is 31.8. The van der Waals surface area contributed by atoms with Crippen molar-refractivity contribution in [1.82, 2.24) is 9.55 Å². The van der Waals surface area contributed by atoms with Crippen molar-refractivity contribution >= 4 is 60.4 Å². The van der Waals surface area contributed by atoms with Crippen molar-refractivity contribution in [2.24, 2.45) is 0 Å². The lowest BCUT2D eigenvalue weighted by atomic mass is 9.87. The number of rotatable bonds is 7. The maximum Gasteiger partial charge on any atom is 0.186 e. The van der Waals surface area contributed by atoms with Crippen LogP contribution in [0.25, 0.3) is 82.7 Å². The van der Waals surface area contributed by atoms with Crippen molar-refractivity contribution in [1.29, 1.82) is 0 Å². The van der Waals surface area contributed by atoms with E-state index in [2.05, 4.69) is 59.2 Å². The summed E-state index contributed by atoms with van der Waals surface area (Å²) in [5.74, 6) is -5.11. The molecule has 0 unspecified atom stereocenters. The molecule has 1 heterocycles. The van der Waals surface area contributed by atoms with Crippen LogP contribution in [-0.2, 0) is 0 Å². The van der Waals surface area contributed by atoms with Gasteiger partial charge in [-0.3, -0.25) is 4.57 Å². The first-order valence-corrected chi connectivity index (χ1v) is 19.6. The van der Waals surface area contributed by atoms with Crippen LogP contribution in [0, 0.1) is 23.3 Å². The first-order valence-electron chi connectivity index (χ1n) is 19.6. The summed E-state index contributed by atoms with van der Waals surface area (Å²) in [6.45, 7) is 0. The van der Waals surface area contributed by atoms with Crippen molar-refractivity contribution in [3.05, 3.63) is 211 Å². The summed E-state index contributed by atoms with van der Waals surface area (Å²) in [5.41, 5.74) is 4.95. The van der Waals surface area contributed by atoms with Crippen molar-refractivity contribution < 1.29 is 17.6 Å². The normalized spacial score (nSPS) is 11.7. The zero-order chi connectivity index (χ0) is 40.5. The van der Waals surface area contributed by atoms with E-state index < -0.39 is 34.5 Å². The molecule has 0 atom stereocenters. The molecule has 10 aromatic carbocycles. The van der Waals surface area contributed by atoms with Crippen molar-refractivity contribution in [2.75, 3.05) is 4.90 Å². The summed E-state index contributed by atoms with van der Waals surface area (Å²) in [5, 5.41) is 4.80. The van der Waals surface area contributed by atoms with E-state index in [0.29, 0.717) is 16.8 Å². The van der Waals surface area contributed by atoms with Gasteiger partial charge < -0.3 is 4.90 Å². The summed E-state index contributed by atoms with van der Waals surface area (Å²) in [6.07, 6.45) is 0. The Hall–Kier alpha value is -7.77. The van der Waals surface area contributed by atoms with Crippen molar-refractivity contribution in [2.45, 2.75) is 0 Å². The lowest BCUT2D eigenvalue weighted by Crippen LogP contribution is -2.16. The number of para-hydroxylation sites is 5. The van der Waals surface area contributed by atoms with Gasteiger partial charge in [0.1, 0.15) is 11.5 Å². The molecule has 11 rings (SSSR count). The molecule has 0 aliphatic rings. The van der Waals surface area contributed by atoms with Gasteiger partial charge in [-0.2, -0.15) is 0 Å². The van der Waals surface area contributed by atoms with Crippen LogP contribution in [-0.4, -0.2) is 9.55 Å². The molecule has 0 aliphatic carbocycles. The Labute approximate surface area is 342 Å². The van der Waals surface area contributed by atoms with Crippen LogP contribution in [0.4, 0.5) is 34.6 Å². The molecule has 0 amide bonds. The number of benzene rings is 10. The molecule has 0 saturated heterocycles. The van der Waals surface area contributed by atoms with Crippen LogP contribution < -0.4 is 4.90 Å². The average molecular weight is 786 g/mol. The minimum atomic E-state index is -1.49. The molecule has 0 aliphatic heterocycles. The van der Waals surface area contributed by atoms with Gasteiger partial charge in [-0.25, -0.2) is 22.5 Å². The first-order chi connectivity index (χ1) is 29.5. The van der Waals surface area contributed by atoms with E-state index in [4.69, 9.17) is 4.98 Å². The molecule has 0 fully saturated rings. The number of hydrogen-bond donors (Lipinski definition) is 0. The molecule has 0 N–H and O–H groups in total. The molecular formula is C53H31F4N3. The van der Waals surface area contributed by atoms with Crippen molar-refractivity contribution in [3.63, 3.8) is 0 Å². The average Bonchev–Trinajstić information content (AvgIpc) is 3.70. The highest BCUT2D eigenvalue weighted by molar-refractivity contribution is 6.27. The molecule has 60 heavy (non-hydrogen) atoms. The third kappa shape index (κ3) is 5.47. The van der Waals surface area contributed by atoms with E-state index in [1.54, 1.807) is 72.8 Å². The predicted octanol–water partition coefficient (Wildman–Crippen LogP) is 15.0. The Kier molecular flexibility index (Phi) is 8.23. The van der Waals surface area contributed by atoms with E-state index in [1.165, 1.54) is 11.0 Å². The summed E-state index contributed by atoms with van der Waals surface area (Å²) < 4.78 is 68.4. The maximum absolute atomic E-state index is 16.6. The molecule has 11 aromatic rings. The summed E-state index contributed by atoms with van der Waals surface area (Å²) in [4.78, 5) is 6.22. The van der Waals surface area contributed by atoms with Gasteiger partial charge in [0.15, 0.2) is 23.3 Å². The summed E-state index contributed by atoms with van der Waals surface area (Å²) in [7, 11) is 0. The summed E-state index contributed by atoms with van der Waals surface area (Å²) >= 11 is 0. The smallest absolute Gasteiger partial charge is 0.186 e. The van der Waals surface area contributed by atoms with Crippen molar-refractivity contribution in [3.8, 4) is 39.3 Å². The number of imidazole rings is 1. The number of anilines is 3. The van der Waals surface area contributed by atoms with Crippen LogP contribution in [0.3, 0.4) is 0 Å². The number of nitrogens with zero attached hydrogens (tertiary/aromatic N) is 3. The Morgan fingerprint density at radius 3 is 1.50 bits per heavy atom. The molecule has 0 bridgehead atoms. The van der Waals surface area contributed by atoms with Gasteiger partial charge in [0, 0.05) is 22.6 Å². The highest BCUT2D eigenvalue weighted by Gasteiger charge is 2.32. The Morgan fingerprint density at radius 2 is 0.900 bits per heavy atom. The topological polar surface area (TPSA) is 21.1 Å². The number of aromatic nitrogens is 2. The second-order valence-electron chi connectivity index (χ2n) is 14.8. The quantitative estimate of drug-likeness (QED) is 0.0912. The van der Waals surface area contributed by atoms with E-state index >= 15 is 17.6 Å². The second-order valence-corrected chi connectivity index (χ2v) is 14.8. The van der Waals surface area contributed by atoms with E-state index in [9.17, 15) is 0 Å². The maximum atomic E-state index is 16.6. The minimum Gasteiger partial charge on any atom is -0.305 e. The largest absolute Gasteiger partial charge is 0.305 e. The predicted molar refractivity (Wildman–Crippen MR) is 236 cm³/mol. The second kappa shape index (κ2) is 14.0.